The van der Waals surface area contributed by atoms with Crippen molar-refractivity contribution >= 4 is 16.9 Å². The summed E-state index contributed by atoms with van der Waals surface area (Å²) in [6, 6.07) is 5.63. The molecule has 0 aliphatic heterocycles. The zero-order valence-electron chi connectivity index (χ0n) is 13.6. The van der Waals surface area contributed by atoms with Crippen molar-refractivity contribution in [2.24, 2.45) is 5.41 Å². The molecule has 3 rings (SSSR count). The number of methoxy groups -OCH3 is 1. The molecule has 0 radical (unpaired) electrons. The van der Waals surface area contributed by atoms with Crippen LogP contribution in [0.15, 0.2) is 28.9 Å². The van der Waals surface area contributed by atoms with E-state index in [4.69, 9.17) is 9.15 Å². The third-order valence-corrected chi connectivity index (χ3v) is 4.99. The third-order valence-electron chi connectivity index (χ3n) is 4.99. The first-order valence-electron chi connectivity index (χ1n) is 8.00. The highest BCUT2D eigenvalue weighted by Gasteiger charge is 2.39. The largest absolute Gasteiger partial charge is 0.497 e. The topological polar surface area (TPSA) is 71.7 Å². The normalized spacial score (nSPS) is 24.0. The minimum Gasteiger partial charge on any atom is -0.497 e. The lowest BCUT2D eigenvalue weighted by atomic mass is 9.85. The number of carbonyl (C=O) groups excluding carboxylic acids is 1. The summed E-state index contributed by atoms with van der Waals surface area (Å²) in [4.78, 5) is 12.4. The van der Waals surface area contributed by atoms with Crippen LogP contribution in [0.1, 0.15) is 31.7 Å². The lowest BCUT2D eigenvalue weighted by Crippen LogP contribution is -2.45. The number of hydrogen-bond acceptors (Lipinski definition) is 4. The number of furan rings is 1. The van der Waals surface area contributed by atoms with Crippen molar-refractivity contribution in [3.05, 3.63) is 30.0 Å². The van der Waals surface area contributed by atoms with Gasteiger partial charge in [0.25, 0.3) is 0 Å². The maximum atomic E-state index is 12.4. The van der Waals surface area contributed by atoms with Crippen molar-refractivity contribution in [3.63, 3.8) is 0 Å². The van der Waals surface area contributed by atoms with E-state index in [0.717, 1.165) is 36.0 Å². The standard InChI is InChI=1S/C18H23NO4/c1-18(11-20)7-3-4-16(18)19-17(21)8-12-10-23-15-9-13(22-2)5-6-14(12)15/h5-6,9-10,16,20H,3-4,7-8,11H2,1-2H3,(H,19,21). The van der Waals surface area contributed by atoms with Gasteiger partial charge in [-0.25, -0.2) is 0 Å². The molecule has 1 fully saturated rings. The third kappa shape index (κ3) is 3.06. The van der Waals surface area contributed by atoms with Crippen LogP contribution in [0.3, 0.4) is 0 Å². The van der Waals surface area contributed by atoms with Crippen LogP contribution in [0.2, 0.25) is 0 Å². The van der Waals surface area contributed by atoms with Crippen LogP contribution in [0.4, 0.5) is 0 Å². The number of rotatable bonds is 5. The molecule has 1 aliphatic rings. The van der Waals surface area contributed by atoms with Gasteiger partial charge < -0.3 is 19.6 Å². The Labute approximate surface area is 135 Å². The van der Waals surface area contributed by atoms with E-state index in [1.807, 2.05) is 25.1 Å². The number of ether oxygens (including phenoxy) is 1. The summed E-state index contributed by atoms with van der Waals surface area (Å²) < 4.78 is 10.7. The van der Waals surface area contributed by atoms with Gasteiger partial charge in [0.2, 0.25) is 5.91 Å². The second-order valence-electron chi connectivity index (χ2n) is 6.62. The van der Waals surface area contributed by atoms with Crippen molar-refractivity contribution in [3.8, 4) is 5.75 Å². The number of aliphatic hydroxyl groups is 1. The molecule has 1 aliphatic carbocycles. The highest BCUT2D eigenvalue weighted by Crippen LogP contribution is 2.37. The predicted molar refractivity (Wildman–Crippen MR) is 87.4 cm³/mol. The van der Waals surface area contributed by atoms with Gasteiger partial charge in [-0.15, -0.1) is 0 Å². The fraction of sp³-hybridized carbons (Fsp3) is 0.500. The molecule has 1 aromatic heterocycles. The van der Waals surface area contributed by atoms with Crippen LogP contribution >= 0.6 is 0 Å². The summed E-state index contributed by atoms with van der Waals surface area (Å²) in [5, 5.41) is 13.6. The second-order valence-corrected chi connectivity index (χ2v) is 6.62. The zero-order chi connectivity index (χ0) is 16.4. The average Bonchev–Trinajstić information content (AvgIpc) is 3.12. The Bertz CT molecular complexity index is 708. The van der Waals surface area contributed by atoms with E-state index in [2.05, 4.69) is 5.32 Å². The van der Waals surface area contributed by atoms with Gasteiger partial charge >= 0.3 is 0 Å². The number of aliphatic hydroxyl groups excluding tert-OH is 1. The maximum absolute atomic E-state index is 12.4. The second kappa shape index (κ2) is 6.24. The Morgan fingerprint density at radius 3 is 3.09 bits per heavy atom. The SMILES string of the molecule is COc1ccc2c(CC(=O)NC3CCCC3(C)CO)coc2c1. The predicted octanol–water partition coefficient (Wildman–Crippen LogP) is 2.65. The number of carbonyl (C=O) groups is 1. The number of benzene rings is 1. The molecule has 1 heterocycles. The van der Waals surface area contributed by atoms with Crippen LogP contribution in [0.5, 0.6) is 5.75 Å². The molecule has 5 heteroatoms. The maximum Gasteiger partial charge on any atom is 0.224 e. The van der Waals surface area contributed by atoms with E-state index in [9.17, 15) is 9.90 Å². The molecule has 124 valence electrons. The summed E-state index contributed by atoms with van der Waals surface area (Å²) in [5.74, 6) is 0.697. The van der Waals surface area contributed by atoms with Gasteiger partial charge in [0.15, 0.2) is 0 Å². The van der Waals surface area contributed by atoms with E-state index in [1.54, 1.807) is 13.4 Å². The minimum absolute atomic E-state index is 0.0323. The highest BCUT2D eigenvalue weighted by atomic mass is 16.5. The van der Waals surface area contributed by atoms with Crippen LogP contribution in [-0.2, 0) is 11.2 Å². The monoisotopic (exact) mass is 317 g/mol. The van der Waals surface area contributed by atoms with Crippen LogP contribution in [-0.4, -0.2) is 30.8 Å². The fourth-order valence-electron chi connectivity index (χ4n) is 3.41. The van der Waals surface area contributed by atoms with Gasteiger partial charge in [0.05, 0.1) is 26.4 Å². The number of hydrogen-bond donors (Lipinski definition) is 2. The summed E-state index contributed by atoms with van der Waals surface area (Å²) in [5.41, 5.74) is 1.37. The number of amides is 1. The lowest BCUT2D eigenvalue weighted by molar-refractivity contribution is -0.122. The average molecular weight is 317 g/mol. The molecule has 0 bridgehead atoms. The Hall–Kier alpha value is -2.01. The zero-order valence-corrected chi connectivity index (χ0v) is 13.6. The molecular weight excluding hydrogens is 294 g/mol. The fourth-order valence-corrected chi connectivity index (χ4v) is 3.41. The van der Waals surface area contributed by atoms with Crippen LogP contribution < -0.4 is 10.1 Å². The Morgan fingerprint density at radius 2 is 2.35 bits per heavy atom. The molecule has 0 spiro atoms. The first-order chi connectivity index (χ1) is 11.1. The first kappa shape index (κ1) is 15.9. The van der Waals surface area contributed by atoms with Gasteiger partial charge in [0.1, 0.15) is 11.3 Å². The van der Waals surface area contributed by atoms with Gasteiger partial charge in [-0.1, -0.05) is 13.3 Å². The lowest BCUT2D eigenvalue weighted by Gasteiger charge is -2.30. The summed E-state index contributed by atoms with van der Waals surface area (Å²) in [6.45, 7) is 2.14. The van der Waals surface area contributed by atoms with Crippen molar-refractivity contribution in [2.45, 2.75) is 38.6 Å². The number of nitrogens with one attached hydrogen (secondary N) is 1. The van der Waals surface area contributed by atoms with E-state index in [1.165, 1.54) is 0 Å². The molecule has 2 N–H and O–H groups in total. The molecule has 2 atom stereocenters. The van der Waals surface area contributed by atoms with Gasteiger partial charge in [0, 0.05) is 28.5 Å². The Morgan fingerprint density at radius 1 is 1.52 bits per heavy atom. The van der Waals surface area contributed by atoms with Gasteiger partial charge in [-0.3, -0.25) is 4.79 Å². The van der Waals surface area contributed by atoms with Crippen molar-refractivity contribution in [2.75, 3.05) is 13.7 Å². The first-order valence-corrected chi connectivity index (χ1v) is 8.00. The molecule has 23 heavy (non-hydrogen) atoms. The smallest absolute Gasteiger partial charge is 0.224 e. The summed E-state index contributed by atoms with van der Waals surface area (Å²) in [7, 11) is 1.61. The van der Waals surface area contributed by atoms with Crippen molar-refractivity contribution in [1.29, 1.82) is 0 Å². The molecule has 0 saturated heterocycles. The Balaban J connectivity index is 1.71. The summed E-state index contributed by atoms with van der Waals surface area (Å²) >= 11 is 0. The molecule has 1 saturated carbocycles. The van der Waals surface area contributed by atoms with E-state index < -0.39 is 0 Å². The quantitative estimate of drug-likeness (QED) is 0.889. The van der Waals surface area contributed by atoms with E-state index in [0.29, 0.717) is 5.58 Å². The minimum atomic E-state index is -0.207. The van der Waals surface area contributed by atoms with Crippen molar-refractivity contribution in [1.82, 2.24) is 5.32 Å². The van der Waals surface area contributed by atoms with Gasteiger partial charge in [-0.05, 0) is 25.0 Å². The van der Waals surface area contributed by atoms with Crippen molar-refractivity contribution < 1.29 is 19.1 Å². The van der Waals surface area contributed by atoms with E-state index >= 15 is 0 Å². The molecule has 2 aromatic rings. The van der Waals surface area contributed by atoms with Crippen LogP contribution in [0.25, 0.3) is 11.0 Å². The van der Waals surface area contributed by atoms with Crippen LogP contribution in [0, 0.1) is 5.41 Å². The Kier molecular flexibility index (Phi) is 4.31. The highest BCUT2D eigenvalue weighted by molar-refractivity contribution is 5.88. The molecular formula is C18H23NO4. The molecule has 2 unspecified atom stereocenters. The molecule has 1 amide bonds. The van der Waals surface area contributed by atoms with E-state index in [-0.39, 0.29) is 30.4 Å². The summed E-state index contributed by atoms with van der Waals surface area (Å²) in [6.07, 6.45) is 4.81. The van der Waals surface area contributed by atoms with Gasteiger partial charge in [-0.2, -0.15) is 0 Å². The molecule has 5 nitrogen and oxygen atoms in total. The molecule has 1 aromatic carbocycles. The number of fused-ring (bicyclic) bond motifs is 1.